The predicted octanol–water partition coefficient (Wildman–Crippen LogP) is 3.51. The van der Waals surface area contributed by atoms with Gasteiger partial charge in [0.2, 0.25) is 0 Å². The number of nitrogens with one attached hydrogen (secondary N) is 1. The van der Waals surface area contributed by atoms with E-state index in [9.17, 15) is 0 Å². The van der Waals surface area contributed by atoms with Crippen molar-refractivity contribution in [2.45, 2.75) is 58.6 Å². The number of furan rings is 1. The van der Waals surface area contributed by atoms with Crippen molar-refractivity contribution >= 4 is 0 Å². The zero-order valence-corrected chi connectivity index (χ0v) is 11.8. The van der Waals surface area contributed by atoms with Gasteiger partial charge in [-0.3, -0.25) is 0 Å². The van der Waals surface area contributed by atoms with E-state index in [1.807, 2.05) is 6.92 Å². The molecule has 1 aromatic rings. The lowest BCUT2D eigenvalue weighted by Gasteiger charge is -2.30. The number of ether oxygens (including phenoxy) is 1. The molecule has 1 N–H and O–H groups in total. The second-order valence-electron chi connectivity index (χ2n) is 5.22. The van der Waals surface area contributed by atoms with Crippen molar-refractivity contribution in [1.29, 1.82) is 0 Å². The second-order valence-corrected chi connectivity index (χ2v) is 5.22. The Morgan fingerprint density at radius 3 is 2.78 bits per heavy atom. The van der Waals surface area contributed by atoms with Crippen molar-refractivity contribution in [2.24, 2.45) is 0 Å². The van der Waals surface area contributed by atoms with E-state index in [4.69, 9.17) is 9.15 Å². The van der Waals surface area contributed by atoms with Gasteiger partial charge in [-0.15, -0.1) is 0 Å². The number of hydrogen-bond donors (Lipinski definition) is 1. The molecular formula is C15H25NO2. The first-order valence-corrected chi connectivity index (χ1v) is 7.14. The van der Waals surface area contributed by atoms with Crippen LogP contribution >= 0.6 is 0 Å². The molecule has 18 heavy (non-hydrogen) atoms. The highest BCUT2D eigenvalue weighted by Crippen LogP contribution is 2.29. The summed E-state index contributed by atoms with van der Waals surface area (Å²) in [5.74, 6) is 2.05. The van der Waals surface area contributed by atoms with Crippen LogP contribution in [0.3, 0.4) is 0 Å². The molecule has 1 aliphatic heterocycles. The summed E-state index contributed by atoms with van der Waals surface area (Å²) >= 11 is 0. The maximum atomic E-state index is 5.92. The summed E-state index contributed by atoms with van der Waals surface area (Å²) in [6, 6.07) is 2.36. The van der Waals surface area contributed by atoms with Crippen LogP contribution in [0.4, 0.5) is 0 Å². The molecule has 0 amide bonds. The molecular weight excluding hydrogens is 226 g/mol. The largest absolute Gasteiger partial charge is 0.464 e. The van der Waals surface area contributed by atoms with E-state index >= 15 is 0 Å². The Morgan fingerprint density at radius 2 is 2.22 bits per heavy atom. The summed E-state index contributed by atoms with van der Waals surface area (Å²) in [5, 5.41) is 3.58. The number of aryl methyl sites for hydroxylation is 2. The number of hydrogen-bond acceptors (Lipinski definition) is 3. The Balaban J connectivity index is 2.12. The average Bonchev–Trinajstić information content (AvgIpc) is 2.71. The van der Waals surface area contributed by atoms with Gasteiger partial charge in [-0.25, -0.2) is 0 Å². The van der Waals surface area contributed by atoms with Gasteiger partial charge in [-0.1, -0.05) is 6.92 Å². The van der Waals surface area contributed by atoms with Crippen molar-refractivity contribution in [3.8, 4) is 0 Å². The molecule has 3 heteroatoms. The number of rotatable bonds is 5. The van der Waals surface area contributed by atoms with Crippen molar-refractivity contribution in [3.05, 3.63) is 23.2 Å². The SMILES string of the molecule is CCCNC(c1cc(C)c(C)o1)C1CCCCO1. The Morgan fingerprint density at radius 1 is 1.39 bits per heavy atom. The summed E-state index contributed by atoms with van der Waals surface area (Å²) in [7, 11) is 0. The van der Waals surface area contributed by atoms with Crippen LogP contribution in [0.5, 0.6) is 0 Å². The Labute approximate surface area is 110 Å². The first-order valence-electron chi connectivity index (χ1n) is 7.14. The maximum Gasteiger partial charge on any atom is 0.124 e. The zero-order chi connectivity index (χ0) is 13.0. The van der Waals surface area contributed by atoms with E-state index < -0.39 is 0 Å². The summed E-state index contributed by atoms with van der Waals surface area (Å²) < 4.78 is 11.8. The molecule has 1 aliphatic rings. The fraction of sp³-hybridized carbons (Fsp3) is 0.733. The highest BCUT2D eigenvalue weighted by molar-refractivity contribution is 5.21. The molecule has 0 aliphatic carbocycles. The van der Waals surface area contributed by atoms with Crippen molar-refractivity contribution in [2.75, 3.05) is 13.2 Å². The Kier molecular flexibility index (Phi) is 4.84. The van der Waals surface area contributed by atoms with Crippen LogP contribution in [0.2, 0.25) is 0 Å². The van der Waals surface area contributed by atoms with E-state index in [1.165, 1.54) is 18.4 Å². The van der Waals surface area contributed by atoms with Crippen LogP contribution in [-0.2, 0) is 4.74 Å². The minimum Gasteiger partial charge on any atom is -0.464 e. The van der Waals surface area contributed by atoms with Gasteiger partial charge in [-0.05, 0) is 57.7 Å². The third kappa shape index (κ3) is 3.15. The molecule has 2 atom stereocenters. The highest BCUT2D eigenvalue weighted by Gasteiger charge is 2.28. The minimum absolute atomic E-state index is 0.206. The molecule has 0 radical (unpaired) electrons. The van der Waals surface area contributed by atoms with Crippen molar-refractivity contribution in [3.63, 3.8) is 0 Å². The van der Waals surface area contributed by atoms with E-state index in [0.29, 0.717) is 0 Å². The molecule has 0 spiro atoms. The van der Waals surface area contributed by atoms with Gasteiger partial charge in [0, 0.05) is 6.61 Å². The van der Waals surface area contributed by atoms with Crippen LogP contribution in [0.25, 0.3) is 0 Å². The topological polar surface area (TPSA) is 34.4 Å². The van der Waals surface area contributed by atoms with Gasteiger partial charge >= 0.3 is 0 Å². The van der Waals surface area contributed by atoms with Crippen LogP contribution in [0.1, 0.15) is 55.7 Å². The van der Waals surface area contributed by atoms with Crippen LogP contribution in [0.15, 0.2) is 10.5 Å². The summed E-state index contributed by atoms with van der Waals surface area (Å²) in [6.45, 7) is 8.19. The third-order valence-electron chi connectivity index (χ3n) is 3.69. The highest BCUT2D eigenvalue weighted by atomic mass is 16.5. The van der Waals surface area contributed by atoms with Crippen molar-refractivity contribution in [1.82, 2.24) is 5.32 Å². The minimum atomic E-state index is 0.206. The standard InChI is InChI=1S/C15H25NO2/c1-4-8-16-15(13-7-5-6-9-17-13)14-10-11(2)12(3)18-14/h10,13,15-16H,4-9H2,1-3H3. The molecule has 3 nitrogen and oxygen atoms in total. The lowest BCUT2D eigenvalue weighted by atomic mass is 9.99. The molecule has 1 aromatic heterocycles. The van der Waals surface area contributed by atoms with Gasteiger partial charge in [-0.2, -0.15) is 0 Å². The van der Waals surface area contributed by atoms with Crippen LogP contribution < -0.4 is 5.32 Å². The molecule has 1 saturated heterocycles. The first-order chi connectivity index (χ1) is 8.72. The quantitative estimate of drug-likeness (QED) is 0.869. The van der Waals surface area contributed by atoms with E-state index in [-0.39, 0.29) is 12.1 Å². The van der Waals surface area contributed by atoms with E-state index in [2.05, 4.69) is 25.2 Å². The average molecular weight is 251 g/mol. The zero-order valence-electron chi connectivity index (χ0n) is 11.8. The summed E-state index contributed by atoms with van der Waals surface area (Å²) in [4.78, 5) is 0. The predicted molar refractivity (Wildman–Crippen MR) is 72.8 cm³/mol. The molecule has 0 bridgehead atoms. The lowest BCUT2D eigenvalue weighted by Crippen LogP contribution is -2.36. The molecule has 1 fully saturated rings. The fourth-order valence-electron chi connectivity index (χ4n) is 2.50. The molecule has 2 heterocycles. The lowest BCUT2D eigenvalue weighted by molar-refractivity contribution is -0.0127. The molecule has 0 aromatic carbocycles. The van der Waals surface area contributed by atoms with Gasteiger partial charge in [0.05, 0.1) is 12.1 Å². The molecule has 0 saturated carbocycles. The molecule has 102 valence electrons. The summed E-state index contributed by atoms with van der Waals surface area (Å²) in [6.07, 6.45) is 4.96. The molecule has 2 unspecified atom stereocenters. The monoisotopic (exact) mass is 251 g/mol. The third-order valence-corrected chi connectivity index (χ3v) is 3.69. The van der Waals surface area contributed by atoms with Crippen molar-refractivity contribution < 1.29 is 9.15 Å². The summed E-state index contributed by atoms with van der Waals surface area (Å²) in [5.41, 5.74) is 1.23. The van der Waals surface area contributed by atoms with Gasteiger partial charge in [0.25, 0.3) is 0 Å². The van der Waals surface area contributed by atoms with Gasteiger partial charge in [0.15, 0.2) is 0 Å². The Bertz CT molecular complexity index is 347. The maximum absolute atomic E-state index is 5.92. The van der Waals surface area contributed by atoms with E-state index in [0.717, 1.165) is 37.5 Å². The van der Waals surface area contributed by atoms with E-state index in [1.54, 1.807) is 0 Å². The second kappa shape index (κ2) is 6.39. The van der Waals surface area contributed by atoms with Gasteiger partial charge in [0.1, 0.15) is 11.5 Å². The van der Waals surface area contributed by atoms with Gasteiger partial charge < -0.3 is 14.5 Å². The first kappa shape index (κ1) is 13.6. The smallest absolute Gasteiger partial charge is 0.124 e. The molecule has 2 rings (SSSR count). The van der Waals surface area contributed by atoms with Crippen LogP contribution in [-0.4, -0.2) is 19.3 Å². The Hall–Kier alpha value is -0.800. The fourth-order valence-corrected chi connectivity index (χ4v) is 2.50. The van der Waals surface area contributed by atoms with Crippen LogP contribution in [0, 0.1) is 13.8 Å². The normalized spacial score (nSPS) is 22.1.